The second kappa shape index (κ2) is 18.0. The predicted molar refractivity (Wildman–Crippen MR) is 326 cm³/mol. The fraction of sp³-hybridized carbons (Fsp3) is 0.181. The number of rotatable bonds is 6. The molecule has 5 nitrogen and oxygen atoms in total. The van der Waals surface area contributed by atoms with Gasteiger partial charge in [0.15, 0.2) is 0 Å². The van der Waals surface area contributed by atoms with Crippen molar-refractivity contribution in [3.8, 4) is 39.6 Å². The quantitative estimate of drug-likeness (QED) is 0.166. The highest BCUT2D eigenvalue weighted by Crippen LogP contribution is 2.47. The molecular weight excluding hydrogens is 937 g/mol. The fourth-order valence-electron chi connectivity index (χ4n) is 11.5. The van der Waals surface area contributed by atoms with Gasteiger partial charge in [-0.05, 0) is 126 Å². The Balaban J connectivity index is 1.06. The first-order valence-corrected chi connectivity index (χ1v) is 26.4. The molecule has 0 radical (unpaired) electrons. The largest absolute Gasteiger partial charge is 0.457 e. The van der Waals surface area contributed by atoms with Crippen LogP contribution in [0, 0.1) is 0 Å². The van der Waals surface area contributed by atoms with Crippen LogP contribution in [0.25, 0.3) is 93.2 Å². The van der Waals surface area contributed by atoms with E-state index in [2.05, 4.69) is 168 Å². The third-order valence-electron chi connectivity index (χ3n) is 15.5. The average Bonchev–Trinajstić information content (AvgIpc) is 0.986. The van der Waals surface area contributed by atoms with E-state index in [1.807, 2.05) is 87.6 Å². The van der Waals surface area contributed by atoms with Crippen molar-refractivity contribution in [2.45, 2.75) is 85.0 Å². The standard InChI is InChI=1S/C72H64N4O/c1-70(2,3)49-36-37-73-67(42-49)76-64-30-16-15-26-59(64)60-35-33-54(44-66(60)76)77-53-23-17-22-52(43-53)74-45-75-68-55(48-38-50(71(4,5)6)41-51(39-48)72(7,8)9)27-18-28-61(68)56-24-13-14-25-57(56)63-40-47(46-20-11-10-12-21-46)32-34-58(63)62-29-19-31-65(74)69(62)75/h10-44H,45H2,1-9H3/i4D3,5D3,6D3. The van der Waals surface area contributed by atoms with Crippen molar-refractivity contribution in [1.29, 1.82) is 0 Å². The van der Waals surface area contributed by atoms with Gasteiger partial charge < -0.3 is 14.2 Å². The van der Waals surface area contributed by atoms with Crippen LogP contribution < -0.4 is 9.64 Å². The molecule has 13 rings (SSSR count). The molecule has 1 aliphatic rings. The molecule has 0 atom stereocenters. The van der Waals surface area contributed by atoms with Crippen molar-refractivity contribution in [3.05, 3.63) is 229 Å². The van der Waals surface area contributed by atoms with Gasteiger partial charge in [-0.25, -0.2) is 4.98 Å². The smallest absolute Gasteiger partial charge is 0.137 e. The molecular formula is C72H64N4O. The Bertz CT molecular complexity index is 4730. The van der Waals surface area contributed by atoms with Crippen LogP contribution in [0.2, 0.25) is 0 Å². The van der Waals surface area contributed by atoms with Gasteiger partial charge in [0.25, 0.3) is 0 Å². The van der Waals surface area contributed by atoms with Gasteiger partial charge in [0, 0.05) is 63.5 Å². The molecule has 0 unspecified atom stereocenters. The summed E-state index contributed by atoms with van der Waals surface area (Å²) in [6, 6.07) is 69.6. The molecule has 0 spiro atoms. The van der Waals surface area contributed by atoms with Gasteiger partial charge in [0.1, 0.15) is 24.0 Å². The minimum atomic E-state index is -3.48. The first-order valence-electron chi connectivity index (χ1n) is 30.9. The van der Waals surface area contributed by atoms with Crippen molar-refractivity contribution in [2.75, 3.05) is 4.90 Å². The third kappa shape index (κ3) is 8.37. The lowest BCUT2D eigenvalue weighted by molar-refractivity contribution is 0.483. The zero-order chi connectivity index (χ0) is 60.5. The monoisotopic (exact) mass is 1010 g/mol. The van der Waals surface area contributed by atoms with Gasteiger partial charge in [-0.2, -0.15) is 0 Å². The molecule has 1 aliphatic heterocycles. The van der Waals surface area contributed by atoms with E-state index in [1.54, 1.807) is 0 Å². The first-order chi connectivity index (χ1) is 40.8. The van der Waals surface area contributed by atoms with Crippen LogP contribution in [-0.2, 0) is 22.9 Å². The average molecular weight is 1010 g/mol. The number of benzene rings is 9. The summed E-state index contributed by atoms with van der Waals surface area (Å²) in [5, 5.41) is 7.96. The molecule has 12 aromatic rings. The number of aromatic nitrogens is 3. The number of anilines is 2. The summed E-state index contributed by atoms with van der Waals surface area (Å²) in [6.45, 7) is 2.34. The lowest BCUT2D eigenvalue weighted by Crippen LogP contribution is -2.17. The number of para-hydroxylation sites is 3. The molecule has 378 valence electrons. The van der Waals surface area contributed by atoms with E-state index in [0.717, 1.165) is 93.5 Å². The van der Waals surface area contributed by atoms with Gasteiger partial charge in [-0.3, -0.25) is 4.57 Å². The van der Waals surface area contributed by atoms with Crippen LogP contribution in [0.5, 0.6) is 11.5 Å². The molecule has 5 heteroatoms. The van der Waals surface area contributed by atoms with E-state index >= 15 is 0 Å². The minimum absolute atomic E-state index is 0.0849. The molecule has 0 saturated heterocycles. The van der Waals surface area contributed by atoms with E-state index in [9.17, 15) is 0 Å². The summed E-state index contributed by atoms with van der Waals surface area (Å²) in [4.78, 5) is 7.18. The zero-order valence-corrected chi connectivity index (χ0v) is 44.1. The van der Waals surface area contributed by atoms with Gasteiger partial charge >= 0.3 is 0 Å². The van der Waals surface area contributed by atoms with E-state index in [0.29, 0.717) is 34.9 Å². The maximum Gasteiger partial charge on any atom is 0.137 e. The van der Waals surface area contributed by atoms with Crippen molar-refractivity contribution in [3.63, 3.8) is 0 Å². The summed E-state index contributed by atoms with van der Waals surface area (Å²) < 4.78 is 91.2. The molecule has 0 amide bonds. The lowest BCUT2D eigenvalue weighted by atomic mass is 9.78. The Labute approximate surface area is 464 Å². The third-order valence-corrected chi connectivity index (χ3v) is 15.5. The highest BCUT2D eigenvalue weighted by molar-refractivity contribution is 6.22. The van der Waals surface area contributed by atoms with Crippen molar-refractivity contribution >= 4 is 76.5 Å². The Morgan fingerprint density at radius 3 is 1.82 bits per heavy atom. The molecule has 0 fully saturated rings. The number of hydrogen-bond donors (Lipinski definition) is 0. The molecule has 0 aliphatic carbocycles. The summed E-state index contributed by atoms with van der Waals surface area (Å²) in [6.07, 6.45) is 1.88. The second-order valence-electron chi connectivity index (χ2n) is 22.6. The molecule has 9 aromatic carbocycles. The van der Waals surface area contributed by atoms with Gasteiger partial charge in [0.05, 0.1) is 27.8 Å². The maximum atomic E-state index is 8.87. The SMILES string of the molecule is [2H]C([2H])([2H])C(c1cc(-c2cccc3c4ccccc4c4cc(-c5ccccc5)ccc4c4cccc5c4n(c23)CN5c2cccc(Oc3ccc4c5ccccc5n(-c5cc(C(C)(C)C)ccn5)c4c3)c2)cc(C(C)(C)C)c1)(C([2H])([2H])[2H])C([2H])([2H])[2H]. The van der Waals surface area contributed by atoms with Crippen LogP contribution in [0.1, 0.15) is 91.1 Å². The van der Waals surface area contributed by atoms with Crippen LogP contribution >= 0.6 is 0 Å². The summed E-state index contributed by atoms with van der Waals surface area (Å²) in [5.74, 6) is 2.10. The lowest BCUT2D eigenvalue weighted by Gasteiger charge is -2.27. The highest BCUT2D eigenvalue weighted by atomic mass is 16.5. The van der Waals surface area contributed by atoms with Crippen molar-refractivity contribution < 1.29 is 17.1 Å². The van der Waals surface area contributed by atoms with Gasteiger partial charge in [-0.1, -0.05) is 202 Å². The maximum absolute atomic E-state index is 8.87. The van der Waals surface area contributed by atoms with Crippen molar-refractivity contribution in [2.24, 2.45) is 0 Å². The Morgan fingerprint density at radius 2 is 1.05 bits per heavy atom. The molecule has 4 heterocycles. The van der Waals surface area contributed by atoms with Crippen molar-refractivity contribution in [1.82, 2.24) is 14.1 Å². The molecule has 0 bridgehead atoms. The van der Waals surface area contributed by atoms with Crippen LogP contribution in [0.3, 0.4) is 0 Å². The predicted octanol–water partition coefficient (Wildman–Crippen LogP) is 19.8. The van der Waals surface area contributed by atoms with Gasteiger partial charge in [0.2, 0.25) is 0 Å². The minimum Gasteiger partial charge on any atom is -0.457 e. The summed E-state index contributed by atoms with van der Waals surface area (Å²) in [5.41, 5.74) is 6.17. The van der Waals surface area contributed by atoms with E-state index in [1.165, 1.54) is 17.7 Å². The summed E-state index contributed by atoms with van der Waals surface area (Å²) >= 11 is 0. The molecule has 0 saturated carbocycles. The molecule has 77 heavy (non-hydrogen) atoms. The number of pyridine rings is 1. The summed E-state index contributed by atoms with van der Waals surface area (Å²) in [7, 11) is 0. The Morgan fingerprint density at radius 1 is 0.429 bits per heavy atom. The Hall–Kier alpha value is -8.67. The number of ether oxygens (including phenoxy) is 1. The highest BCUT2D eigenvalue weighted by Gasteiger charge is 2.28. The van der Waals surface area contributed by atoms with Crippen LogP contribution in [-0.4, -0.2) is 14.1 Å². The molecule has 0 N–H and O–H groups in total. The number of nitrogens with zero attached hydrogens (tertiary/aromatic N) is 4. The second-order valence-corrected chi connectivity index (χ2v) is 22.6. The fourth-order valence-corrected chi connectivity index (χ4v) is 11.5. The number of fused-ring (bicyclic) bond motifs is 10. The Kier molecular flexibility index (Phi) is 9.07. The number of hydrogen-bond acceptors (Lipinski definition) is 3. The van der Waals surface area contributed by atoms with Crippen LogP contribution in [0.4, 0.5) is 11.4 Å². The molecule has 3 aromatic heterocycles. The zero-order valence-electron chi connectivity index (χ0n) is 53.1. The van der Waals surface area contributed by atoms with Crippen LogP contribution in [0.15, 0.2) is 212 Å². The topological polar surface area (TPSA) is 35.2 Å². The first kappa shape index (κ1) is 38.8. The van der Waals surface area contributed by atoms with Gasteiger partial charge in [-0.15, -0.1) is 0 Å². The normalized spacial score (nSPS) is 15.1. The van der Waals surface area contributed by atoms with E-state index < -0.39 is 31.4 Å². The van der Waals surface area contributed by atoms with E-state index in [4.69, 9.17) is 22.1 Å². The van der Waals surface area contributed by atoms with E-state index in [-0.39, 0.29) is 11.0 Å².